The van der Waals surface area contributed by atoms with E-state index in [9.17, 15) is 0 Å². The third-order valence-electron chi connectivity index (χ3n) is 1.14. The molecule has 1 heterocycles. The van der Waals surface area contributed by atoms with Gasteiger partial charge in [0.2, 0.25) is 5.06 Å². The summed E-state index contributed by atoms with van der Waals surface area (Å²) in [6.45, 7) is 1.67. The summed E-state index contributed by atoms with van der Waals surface area (Å²) < 4.78 is 3.42. The Morgan fingerprint density at radius 1 is 1.33 bits per heavy atom. The van der Waals surface area contributed by atoms with Gasteiger partial charge >= 0.3 is 0 Å². The van der Waals surface area contributed by atoms with Crippen LogP contribution in [0.3, 0.4) is 0 Å². The Bertz CT molecular complexity index is 135. The van der Waals surface area contributed by atoms with Crippen LogP contribution >= 0.6 is 46.4 Å². The smallest absolute Gasteiger partial charge is 0.265 e. The third kappa shape index (κ3) is 1.14. The first-order valence-corrected chi connectivity index (χ1v) is 3.88. The standard InChI is InChI=1S/C4H4Cl4O/c1-2(5)3(6)4(7,8)9-3/h2H,1H3. The van der Waals surface area contributed by atoms with E-state index in [0.29, 0.717) is 0 Å². The summed E-state index contributed by atoms with van der Waals surface area (Å²) in [6.07, 6.45) is 0. The summed E-state index contributed by atoms with van der Waals surface area (Å²) in [5, 5.41) is -1.48. The Labute approximate surface area is 73.2 Å². The maximum Gasteiger partial charge on any atom is 0.265 e. The first kappa shape index (κ1) is 8.22. The lowest BCUT2D eigenvalue weighted by Gasteiger charge is -2.04. The van der Waals surface area contributed by atoms with Crippen LogP contribution in [0.4, 0.5) is 0 Å². The first-order chi connectivity index (χ1) is 3.90. The Kier molecular flexibility index (Phi) is 1.87. The highest BCUT2D eigenvalue weighted by Gasteiger charge is 2.71. The van der Waals surface area contributed by atoms with E-state index < -0.39 is 15.0 Å². The topological polar surface area (TPSA) is 12.5 Å². The molecule has 0 aromatic heterocycles. The molecule has 1 saturated heterocycles. The molecule has 5 heteroatoms. The van der Waals surface area contributed by atoms with Crippen LogP contribution in [0.5, 0.6) is 0 Å². The van der Waals surface area contributed by atoms with Crippen LogP contribution in [0.15, 0.2) is 0 Å². The van der Waals surface area contributed by atoms with Crippen LogP contribution in [0.2, 0.25) is 0 Å². The molecule has 0 saturated carbocycles. The number of halogens is 4. The monoisotopic (exact) mass is 208 g/mol. The quantitative estimate of drug-likeness (QED) is 0.478. The molecule has 1 rings (SSSR count). The molecule has 1 aliphatic heterocycles. The van der Waals surface area contributed by atoms with E-state index in [4.69, 9.17) is 51.1 Å². The predicted octanol–water partition coefficient (Wildman–Crippen LogP) is 2.71. The number of rotatable bonds is 1. The minimum atomic E-state index is -1.30. The molecular weight excluding hydrogens is 206 g/mol. The fourth-order valence-corrected chi connectivity index (χ4v) is 1.55. The number of ether oxygens (including phenoxy) is 1. The Morgan fingerprint density at radius 3 is 1.67 bits per heavy atom. The van der Waals surface area contributed by atoms with Crippen molar-refractivity contribution >= 4 is 46.4 Å². The SMILES string of the molecule is CC(Cl)C1(Cl)OC1(Cl)Cl. The molecule has 54 valence electrons. The fourth-order valence-electron chi connectivity index (χ4n) is 0.474. The van der Waals surface area contributed by atoms with Crippen molar-refractivity contribution in [3.05, 3.63) is 0 Å². The molecule has 0 amide bonds. The molecule has 1 fully saturated rings. The minimum absolute atomic E-state index is 0.394. The van der Waals surface area contributed by atoms with Crippen molar-refractivity contribution < 1.29 is 4.74 Å². The summed E-state index contributed by atoms with van der Waals surface area (Å²) in [5.41, 5.74) is 0. The fraction of sp³-hybridized carbons (Fsp3) is 1.00. The van der Waals surface area contributed by atoms with Crippen LogP contribution in [-0.4, -0.2) is 15.0 Å². The second kappa shape index (κ2) is 2.05. The van der Waals surface area contributed by atoms with Crippen molar-refractivity contribution in [2.75, 3.05) is 0 Å². The Morgan fingerprint density at radius 2 is 1.67 bits per heavy atom. The van der Waals surface area contributed by atoms with Gasteiger partial charge in [0, 0.05) is 0 Å². The highest BCUT2D eigenvalue weighted by molar-refractivity contribution is 6.56. The van der Waals surface area contributed by atoms with Crippen molar-refractivity contribution in [3.8, 4) is 0 Å². The molecule has 0 bridgehead atoms. The van der Waals surface area contributed by atoms with E-state index in [1.807, 2.05) is 0 Å². The molecule has 0 aromatic rings. The van der Waals surface area contributed by atoms with Gasteiger partial charge in [-0.05, 0) is 6.92 Å². The van der Waals surface area contributed by atoms with E-state index >= 15 is 0 Å². The van der Waals surface area contributed by atoms with E-state index in [1.165, 1.54) is 0 Å². The molecule has 0 radical (unpaired) electrons. The number of hydrogen-bond donors (Lipinski definition) is 0. The first-order valence-electron chi connectivity index (χ1n) is 2.31. The van der Waals surface area contributed by atoms with Gasteiger partial charge in [-0.15, -0.1) is 11.6 Å². The van der Waals surface area contributed by atoms with Crippen LogP contribution in [0.25, 0.3) is 0 Å². The molecular formula is C4H4Cl4O. The third-order valence-corrected chi connectivity index (χ3v) is 3.14. The molecule has 0 spiro atoms. The Hall–Kier alpha value is 1.12. The van der Waals surface area contributed by atoms with Crippen molar-refractivity contribution in [2.45, 2.75) is 21.9 Å². The minimum Gasteiger partial charge on any atom is -0.313 e. The van der Waals surface area contributed by atoms with E-state index in [0.717, 1.165) is 0 Å². The molecule has 9 heavy (non-hydrogen) atoms. The highest BCUT2D eigenvalue weighted by Crippen LogP contribution is 2.60. The largest absolute Gasteiger partial charge is 0.313 e. The average molecular weight is 210 g/mol. The lowest BCUT2D eigenvalue weighted by Crippen LogP contribution is -2.19. The van der Waals surface area contributed by atoms with E-state index in [2.05, 4.69) is 0 Å². The lowest BCUT2D eigenvalue weighted by atomic mass is 10.3. The van der Waals surface area contributed by atoms with Gasteiger partial charge in [-0.25, -0.2) is 0 Å². The molecule has 0 aromatic carbocycles. The lowest BCUT2D eigenvalue weighted by molar-refractivity contribution is 0.360. The van der Waals surface area contributed by atoms with Gasteiger partial charge in [0.15, 0.2) is 0 Å². The van der Waals surface area contributed by atoms with Gasteiger partial charge in [0.05, 0.1) is 5.38 Å². The summed E-state index contributed by atoms with van der Waals surface area (Å²) in [5.74, 6) is 0. The van der Waals surface area contributed by atoms with Crippen LogP contribution in [-0.2, 0) is 4.74 Å². The molecule has 0 aliphatic carbocycles. The van der Waals surface area contributed by atoms with E-state index in [1.54, 1.807) is 6.92 Å². The van der Waals surface area contributed by atoms with Crippen molar-refractivity contribution in [2.24, 2.45) is 0 Å². The van der Waals surface area contributed by atoms with Crippen molar-refractivity contribution in [3.63, 3.8) is 0 Å². The average Bonchev–Trinajstić information content (AvgIpc) is 2.08. The second-order valence-corrected chi connectivity index (χ2v) is 4.35. The molecule has 2 atom stereocenters. The molecule has 2 unspecified atom stereocenters. The molecule has 0 N–H and O–H groups in total. The predicted molar refractivity (Wildman–Crippen MR) is 39.4 cm³/mol. The number of epoxide rings is 1. The van der Waals surface area contributed by atoms with Gasteiger partial charge in [-0.2, -0.15) is 0 Å². The van der Waals surface area contributed by atoms with Gasteiger partial charge < -0.3 is 4.74 Å². The zero-order valence-corrected chi connectivity index (χ0v) is 7.52. The summed E-state index contributed by atoms with van der Waals surface area (Å²) in [4.78, 5) is 0. The normalized spacial score (nSPS) is 42.3. The van der Waals surface area contributed by atoms with Crippen LogP contribution < -0.4 is 0 Å². The van der Waals surface area contributed by atoms with Crippen LogP contribution in [0, 0.1) is 0 Å². The zero-order chi connectivity index (χ0) is 7.28. The molecule has 1 aliphatic rings. The van der Waals surface area contributed by atoms with Crippen molar-refractivity contribution in [1.82, 2.24) is 0 Å². The zero-order valence-electron chi connectivity index (χ0n) is 4.50. The van der Waals surface area contributed by atoms with Gasteiger partial charge in [0.25, 0.3) is 4.52 Å². The number of hydrogen-bond acceptors (Lipinski definition) is 1. The number of alkyl halides is 4. The summed E-state index contributed by atoms with van der Waals surface area (Å²) >= 11 is 22.2. The summed E-state index contributed by atoms with van der Waals surface area (Å²) in [7, 11) is 0. The van der Waals surface area contributed by atoms with Gasteiger partial charge in [-0.1, -0.05) is 34.8 Å². The Balaban J connectivity index is 2.63. The second-order valence-electron chi connectivity index (χ2n) is 1.88. The van der Waals surface area contributed by atoms with Crippen molar-refractivity contribution in [1.29, 1.82) is 0 Å². The maximum absolute atomic E-state index is 5.65. The molecule has 1 nitrogen and oxygen atoms in total. The van der Waals surface area contributed by atoms with Gasteiger partial charge in [0.1, 0.15) is 0 Å². The maximum atomic E-state index is 5.65. The van der Waals surface area contributed by atoms with Gasteiger partial charge in [-0.3, -0.25) is 0 Å². The van der Waals surface area contributed by atoms with E-state index in [-0.39, 0.29) is 0 Å². The van der Waals surface area contributed by atoms with Crippen LogP contribution in [0.1, 0.15) is 6.92 Å². The highest BCUT2D eigenvalue weighted by atomic mass is 35.5. The summed E-state index contributed by atoms with van der Waals surface area (Å²) in [6, 6.07) is 0.